The van der Waals surface area contributed by atoms with E-state index >= 15 is 0 Å². The zero-order valence-electron chi connectivity index (χ0n) is 9.77. The van der Waals surface area contributed by atoms with Crippen molar-refractivity contribution in [2.45, 2.75) is 26.9 Å². The van der Waals surface area contributed by atoms with Gasteiger partial charge in [-0.3, -0.25) is 0 Å². The van der Waals surface area contributed by atoms with Crippen LogP contribution in [0.5, 0.6) is 0 Å². The van der Waals surface area contributed by atoms with Crippen LogP contribution in [-0.4, -0.2) is 53.8 Å². The molecule has 0 spiro atoms. The van der Waals surface area contributed by atoms with Crippen LogP contribution in [0, 0.1) is 0 Å². The molecule has 6 heteroatoms. The zero-order chi connectivity index (χ0) is 11.5. The number of rotatable bonds is 7. The van der Waals surface area contributed by atoms with E-state index in [2.05, 4.69) is 4.74 Å². The van der Waals surface area contributed by atoms with Crippen LogP contribution in [0.1, 0.15) is 20.8 Å². The normalized spacial score (nSPS) is 18.6. The monoisotopic (exact) mass is 238 g/mol. The number of hydrogen-bond donors (Lipinski definition) is 1. The Labute approximate surface area is 93.3 Å². The molecule has 1 aliphatic rings. The zero-order valence-corrected chi connectivity index (χ0v) is 10.9. The second-order valence-electron chi connectivity index (χ2n) is 2.79. The highest BCUT2D eigenvalue weighted by Gasteiger charge is 2.19. The van der Waals surface area contributed by atoms with E-state index in [-0.39, 0.29) is 12.7 Å². The second-order valence-corrected chi connectivity index (χ2v) is 4.37. The molecular formula is C9H22O5Si. The van der Waals surface area contributed by atoms with E-state index < -0.39 is 9.53 Å². The maximum Gasteiger partial charge on any atom is 0.484 e. The lowest BCUT2D eigenvalue weighted by atomic mass is 10.5. The molecule has 0 bridgehead atoms. The van der Waals surface area contributed by atoms with Crippen LogP contribution in [0.25, 0.3) is 0 Å². The van der Waals surface area contributed by atoms with Crippen molar-refractivity contribution >= 4 is 9.53 Å². The number of epoxide rings is 1. The molecule has 1 aliphatic heterocycles. The van der Waals surface area contributed by atoms with Crippen molar-refractivity contribution in [2.24, 2.45) is 0 Å². The minimum absolute atomic E-state index is 0.190. The van der Waals surface area contributed by atoms with E-state index in [0.29, 0.717) is 19.8 Å². The Morgan fingerprint density at radius 1 is 1.13 bits per heavy atom. The molecule has 0 aliphatic carbocycles. The molecule has 1 rings (SSSR count). The van der Waals surface area contributed by atoms with E-state index in [1.165, 1.54) is 0 Å². The van der Waals surface area contributed by atoms with Gasteiger partial charge >= 0.3 is 9.53 Å². The fourth-order valence-corrected chi connectivity index (χ4v) is 1.83. The minimum Gasteiger partial charge on any atom is -0.394 e. The summed E-state index contributed by atoms with van der Waals surface area (Å²) in [4.78, 5) is 0. The molecule has 0 aromatic rings. The van der Waals surface area contributed by atoms with Crippen molar-refractivity contribution in [1.29, 1.82) is 0 Å². The first-order chi connectivity index (χ1) is 7.28. The molecular weight excluding hydrogens is 216 g/mol. The Hall–Kier alpha value is 0.0169. The Kier molecular flexibility index (Phi) is 10.5. The van der Waals surface area contributed by atoms with Crippen LogP contribution >= 0.6 is 0 Å². The Morgan fingerprint density at radius 3 is 1.67 bits per heavy atom. The predicted octanol–water partition coefficient (Wildman–Crippen LogP) is 0.191. The van der Waals surface area contributed by atoms with Gasteiger partial charge in [-0.25, -0.2) is 0 Å². The number of aliphatic hydroxyl groups is 1. The summed E-state index contributed by atoms with van der Waals surface area (Å²) in [6.07, 6.45) is 0.190. The molecule has 0 saturated carbocycles. The van der Waals surface area contributed by atoms with E-state index in [1.807, 2.05) is 20.8 Å². The highest BCUT2D eigenvalue weighted by Crippen LogP contribution is 2.04. The smallest absolute Gasteiger partial charge is 0.394 e. The Morgan fingerprint density at radius 2 is 1.53 bits per heavy atom. The van der Waals surface area contributed by atoms with Crippen LogP contribution in [0.4, 0.5) is 0 Å². The summed E-state index contributed by atoms with van der Waals surface area (Å²) in [7, 11) is -1.73. The first kappa shape index (κ1) is 15.0. The van der Waals surface area contributed by atoms with Crippen LogP contribution in [0.3, 0.4) is 0 Å². The molecule has 1 heterocycles. The molecule has 1 N–H and O–H groups in total. The molecule has 92 valence electrons. The summed E-state index contributed by atoms with van der Waals surface area (Å²) in [5.41, 5.74) is 0. The number of hydrogen-bond acceptors (Lipinski definition) is 5. The van der Waals surface area contributed by atoms with Crippen molar-refractivity contribution in [3.8, 4) is 0 Å². The summed E-state index contributed by atoms with van der Waals surface area (Å²) in [5.74, 6) is 0. The summed E-state index contributed by atoms with van der Waals surface area (Å²) in [5, 5.41) is 8.08. The maximum atomic E-state index is 8.08. The van der Waals surface area contributed by atoms with Gasteiger partial charge in [0.25, 0.3) is 0 Å². The number of aliphatic hydroxyl groups excluding tert-OH is 1. The quantitative estimate of drug-likeness (QED) is 0.507. The first-order valence-electron chi connectivity index (χ1n) is 5.35. The average Bonchev–Trinajstić information content (AvgIpc) is 3.03. The molecule has 1 unspecified atom stereocenters. The van der Waals surface area contributed by atoms with Gasteiger partial charge in [0, 0.05) is 19.8 Å². The minimum atomic E-state index is -1.73. The van der Waals surface area contributed by atoms with Gasteiger partial charge in [-0.1, -0.05) is 0 Å². The van der Waals surface area contributed by atoms with E-state index in [1.54, 1.807) is 0 Å². The van der Waals surface area contributed by atoms with Gasteiger partial charge in [-0.05, 0) is 20.8 Å². The number of ether oxygens (including phenoxy) is 1. The molecule has 0 radical (unpaired) electrons. The van der Waals surface area contributed by atoms with Crippen molar-refractivity contribution in [3.63, 3.8) is 0 Å². The van der Waals surface area contributed by atoms with Crippen molar-refractivity contribution in [1.82, 2.24) is 0 Å². The summed E-state index contributed by atoms with van der Waals surface area (Å²) in [6.45, 7) is 8.81. The highest BCUT2D eigenvalue weighted by atomic mass is 28.3. The van der Waals surface area contributed by atoms with Gasteiger partial charge in [0.05, 0.1) is 13.2 Å². The average molecular weight is 238 g/mol. The highest BCUT2D eigenvalue weighted by molar-refractivity contribution is 6.36. The molecule has 15 heavy (non-hydrogen) atoms. The van der Waals surface area contributed by atoms with Gasteiger partial charge in [0.2, 0.25) is 0 Å². The van der Waals surface area contributed by atoms with E-state index in [9.17, 15) is 0 Å². The lowest BCUT2D eigenvalue weighted by Gasteiger charge is -2.12. The van der Waals surface area contributed by atoms with Crippen LogP contribution < -0.4 is 0 Å². The molecule has 0 aromatic heterocycles. The van der Waals surface area contributed by atoms with Crippen LogP contribution in [-0.2, 0) is 18.0 Å². The Balaban J connectivity index is 0.000000322. The third-order valence-electron chi connectivity index (χ3n) is 1.51. The Bertz CT molecular complexity index is 117. The van der Waals surface area contributed by atoms with Crippen molar-refractivity contribution in [2.75, 3.05) is 33.0 Å². The second kappa shape index (κ2) is 10.5. The first-order valence-corrected chi connectivity index (χ1v) is 6.77. The lowest BCUT2D eigenvalue weighted by Crippen LogP contribution is -2.27. The van der Waals surface area contributed by atoms with Crippen LogP contribution in [0.15, 0.2) is 0 Å². The molecule has 1 atom stereocenters. The molecule has 5 nitrogen and oxygen atoms in total. The van der Waals surface area contributed by atoms with Crippen LogP contribution in [0.2, 0.25) is 0 Å². The third-order valence-corrected chi connectivity index (χ3v) is 3.33. The maximum absolute atomic E-state index is 8.08. The molecule has 0 amide bonds. The summed E-state index contributed by atoms with van der Waals surface area (Å²) >= 11 is 0. The predicted molar refractivity (Wildman–Crippen MR) is 58.9 cm³/mol. The van der Waals surface area contributed by atoms with Gasteiger partial charge in [-0.2, -0.15) is 0 Å². The lowest BCUT2D eigenvalue weighted by molar-refractivity contribution is 0.107. The standard InChI is InChI=1S/C6H16O3Si.C3H6O2/c1-4-7-10(8-5-2)9-6-3;4-1-3-2-5-3/h10H,4-6H2,1-3H3;3-4H,1-2H2. The fraction of sp³-hybridized carbons (Fsp3) is 1.00. The molecule has 1 fully saturated rings. The van der Waals surface area contributed by atoms with Gasteiger partial charge in [0.1, 0.15) is 6.10 Å². The van der Waals surface area contributed by atoms with Gasteiger partial charge in [-0.15, -0.1) is 0 Å². The molecule has 1 saturated heterocycles. The van der Waals surface area contributed by atoms with Gasteiger partial charge < -0.3 is 23.1 Å². The molecule has 0 aromatic carbocycles. The van der Waals surface area contributed by atoms with Crippen molar-refractivity contribution in [3.05, 3.63) is 0 Å². The van der Waals surface area contributed by atoms with Crippen molar-refractivity contribution < 1.29 is 23.1 Å². The summed E-state index contributed by atoms with van der Waals surface area (Å²) in [6, 6.07) is 0. The summed E-state index contributed by atoms with van der Waals surface area (Å²) < 4.78 is 20.3. The van der Waals surface area contributed by atoms with Gasteiger partial charge in [0.15, 0.2) is 0 Å². The fourth-order valence-electron chi connectivity index (χ4n) is 0.726. The largest absolute Gasteiger partial charge is 0.484 e. The van der Waals surface area contributed by atoms with E-state index in [0.717, 1.165) is 6.61 Å². The topological polar surface area (TPSA) is 60.5 Å². The SMILES string of the molecule is CCO[SiH](OCC)OCC.OCC1CO1. The van der Waals surface area contributed by atoms with E-state index in [4.69, 9.17) is 18.4 Å². The third kappa shape index (κ3) is 10.3.